The third-order valence-corrected chi connectivity index (χ3v) is 3.53. The van der Waals surface area contributed by atoms with Crippen molar-refractivity contribution in [3.8, 4) is 0 Å². The van der Waals surface area contributed by atoms with Crippen LogP contribution in [0.3, 0.4) is 0 Å². The molecule has 0 aliphatic carbocycles. The van der Waals surface area contributed by atoms with E-state index in [9.17, 15) is 9.18 Å². The standard InChI is InChI=1S/C15H13BrFNO/c1-10-3-8-13(14(16)9-10)15(19)18(2)12-6-4-11(17)5-7-12/h3-9H,1-2H3. The first-order chi connectivity index (χ1) is 8.99. The Hall–Kier alpha value is -1.68. The zero-order valence-corrected chi connectivity index (χ0v) is 12.2. The number of benzene rings is 2. The summed E-state index contributed by atoms with van der Waals surface area (Å²) < 4.78 is 13.6. The van der Waals surface area contributed by atoms with Gasteiger partial charge < -0.3 is 4.90 Å². The Morgan fingerprint density at radius 2 is 1.79 bits per heavy atom. The number of halogens is 2. The van der Waals surface area contributed by atoms with Crippen LogP contribution in [-0.4, -0.2) is 13.0 Å². The topological polar surface area (TPSA) is 20.3 Å². The fraction of sp³-hybridized carbons (Fsp3) is 0.133. The van der Waals surface area contributed by atoms with Crippen LogP contribution in [0, 0.1) is 12.7 Å². The van der Waals surface area contributed by atoms with Gasteiger partial charge >= 0.3 is 0 Å². The molecule has 0 bridgehead atoms. The lowest BCUT2D eigenvalue weighted by molar-refractivity contribution is 0.0992. The number of carbonyl (C=O) groups is 1. The van der Waals surface area contributed by atoms with Crippen LogP contribution in [0.4, 0.5) is 10.1 Å². The molecule has 0 spiro atoms. The molecular formula is C15H13BrFNO. The molecule has 0 N–H and O–H groups in total. The molecule has 0 heterocycles. The summed E-state index contributed by atoms with van der Waals surface area (Å²) in [6.07, 6.45) is 0. The summed E-state index contributed by atoms with van der Waals surface area (Å²) in [5.74, 6) is -0.459. The highest BCUT2D eigenvalue weighted by Crippen LogP contribution is 2.22. The van der Waals surface area contributed by atoms with Gasteiger partial charge in [0, 0.05) is 17.2 Å². The number of aryl methyl sites for hydroxylation is 1. The van der Waals surface area contributed by atoms with Crippen molar-refractivity contribution in [2.24, 2.45) is 0 Å². The number of rotatable bonds is 2. The van der Waals surface area contributed by atoms with Crippen LogP contribution in [0.5, 0.6) is 0 Å². The van der Waals surface area contributed by atoms with Gasteiger partial charge in [-0.25, -0.2) is 4.39 Å². The number of anilines is 1. The third-order valence-electron chi connectivity index (χ3n) is 2.87. The normalized spacial score (nSPS) is 10.3. The van der Waals surface area contributed by atoms with Crippen LogP contribution in [0.1, 0.15) is 15.9 Å². The number of nitrogens with zero attached hydrogens (tertiary/aromatic N) is 1. The highest BCUT2D eigenvalue weighted by molar-refractivity contribution is 9.10. The minimum Gasteiger partial charge on any atom is -0.311 e. The SMILES string of the molecule is Cc1ccc(C(=O)N(C)c2ccc(F)cc2)c(Br)c1. The Bertz CT molecular complexity index is 610. The number of amides is 1. The Morgan fingerprint density at radius 3 is 2.37 bits per heavy atom. The van der Waals surface area contributed by atoms with Gasteiger partial charge in [0.2, 0.25) is 0 Å². The van der Waals surface area contributed by atoms with Crippen LogP contribution in [-0.2, 0) is 0 Å². The van der Waals surface area contributed by atoms with E-state index in [0.29, 0.717) is 11.3 Å². The second kappa shape index (κ2) is 5.53. The van der Waals surface area contributed by atoms with Crippen LogP contribution in [0.15, 0.2) is 46.9 Å². The molecule has 0 radical (unpaired) electrons. The summed E-state index contributed by atoms with van der Waals surface area (Å²) in [4.78, 5) is 13.9. The Labute approximate surface area is 120 Å². The molecule has 0 saturated heterocycles. The minimum atomic E-state index is -0.318. The zero-order chi connectivity index (χ0) is 14.0. The predicted octanol–water partition coefficient (Wildman–Crippen LogP) is 4.17. The molecule has 0 aliphatic heterocycles. The maximum atomic E-state index is 12.9. The van der Waals surface area contributed by atoms with E-state index in [1.807, 2.05) is 19.1 Å². The summed E-state index contributed by atoms with van der Waals surface area (Å²) >= 11 is 3.39. The molecule has 4 heteroatoms. The quantitative estimate of drug-likeness (QED) is 0.812. The van der Waals surface area contributed by atoms with Gasteiger partial charge in [-0.15, -0.1) is 0 Å². The lowest BCUT2D eigenvalue weighted by atomic mass is 10.1. The van der Waals surface area contributed by atoms with Gasteiger partial charge in [-0.2, -0.15) is 0 Å². The van der Waals surface area contributed by atoms with Crippen LogP contribution < -0.4 is 4.90 Å². The molecule has 0 aliphatic rings. The average Bonchev–Trinajstić information content (AvgIpc) is 2.38. The van der Waals surface area contributed by atoms with Gasteiger partial charge in [0.05, 0.1) is 5.56 Å². The summed E-state index contributed by atoms with van der Waals surface area (Å²) in [5.41, 5.74) is 2.31. The molecule has 2 aromatic carbocycles. The summed E-state index contributed by atoms with van der Waals surface area (Å²) in [7, 11) is 1.67. The predicted molar refractivity (Wildman–Crippen MR) is 78.0 cm³/mol. The largest absolute Gasteiger partial charge is 0.311 e. The van der Waals surface area contributed by atoms with Gasteiger partial charge in [0.15, 0.2) is 0 Å². The molecule has 0 unspecified atom stereocenters. The Kier molecular flexibility index (Phi) is 4.00. The molecule has 2 nitrogen and oxygen atoms in total. The van der Waals surface area contributed by atoms with Gasteiger partial charge in [0.25, 0.3) is 5.91 Å². The molecule has 98 valence electrons. The van der Waals surface area contributed by atoms with Crippen molar-refractivity contribution in [2.45, 2.75) is 6.92 Å². The van der Waals surface area contributed by atoms with Crippen molar-refractivity contribution in [1.82, 2.24) is 0 Å². The van der Waals surface area contributed by atoms with Gasteiger partial charge in [-0.05, 0) is 64.8 Å². The number of carbonyl (C=O) groups excluding carboxylic acids is 1. The molecule has 0 saturated carbocycles. The molecule has 1 amide bonds. The van der Waals surface area contributed by atoms with E-state index in [0.717, 1.165) is 10.0 Å². The van der Waals surface area contributed by atoms with E-state index in [2.05, 4.69) is 15.9 Å². The summed E-state index contributed by atoms with van der Waals surface area (Å²) in [6, 6.07) is 11.4. The second-order valence-electron chi connectivity index (χ2n) is 4.32. The Balaban J connectivity index is 2.30. The van der Waals surface area contributed by atoms with E-state index < -0.39 is 0 Å². The molecule has 0 fully saturated rings. The van der Waals surface area contributed by atoms with E-state index >= 15 is 0 Å². The second-order valence-corrected chi connectivity index (χ2v) is 5.18. The molecule has 19 heavy (non-hydrogen) atoms. The zero-order valence-electron chi connectivity index (χ0n) is 10.7. The molecular weight excluding hydrogens is 309 g/mol. The van der Waals surface area contributed by atoms with Crippen molar-refractivity contribution in [2.75, 3.05) is 11.9 Å². The molecule has 0 atom stereocenters. The van der Waals surface area contributed by atoms with Crippen LogP contribution >= 0.6 is 15.9 Å². The van der Waals surface area contributed by atoms with Crippen molar-refractivity contribution < 1.29 is 9.18 Å². The maximum absolute atomic E-state index is 12.9. The first-order valence-electron chi connectivity index (χ1n) is 5.79. The van der Waals surface area contributed by atoms with Crippen molar-refractivity contribution in [3.05, 3.63) is 63.9 Å². The lowest BCUT2D eigenvalue weighted by Crippen LogP contribution is -2.26. The van der Waals surface area contributed by atoms with Gasteiger partial charge in [-0.3, -0.25) is 4.79 Å². The molecule has 0 aromatic heterocycles. The fourth-order valence-corrected chi connectivity index (χ4v) is 2.42. The van der Waals surface area contributed by atoms with Crippen molar-refractivity contribution >= 4 is 27.5 Å². The summed E-state index contributed by atoms with van der Waals surface area (Å²) in [5, 5.41) is 0. The smallest absolute Gasteiger partial charge is 0.259 e. The van der Waals surface area contributed by atoms with Crippen LogP contribution in [0.25, 0.3) is 0 Å². The summed E-state index contributed by atoms with van der Waals surface area (Å²) in [6.45, 7) is 1.96. The lowest BCUT2D eigenvalue weighted by Gasteiger charge is -2.18. The highest BCUT2D eigenvalue weighted by atomic mass is 79.9. The van der Waals surface area contributed by atoms with Gasteiger partial charge in [-0.1, -0.05) is 6.07 Å². The van der Waals surface area contributed by atoms with E-state index in [1.54, 1.807) is 25.2 Å². The van der Waals surface area contributed by atoms with E-state index in [1.165, 1.54) is 17.0 Å². The third kappa shape index (κ3) is 3.01. The van der Waals surface area contributed by atoms with Gasteiger partial charge in [0.1, 0.15) is 5.82 Å². The highest BCUT2D eigenvalue weighted by Gasteiger charge is 2.16. The average molecular weight is 322 g/mol. The maximum Gasteiger partial charge on any atom is 0.259 e. The number of hydrogen-bond donors (Lipinski definition) is 0. The molecule has 2 rings (SSSR count). The minimum absolute atomic E-state index is 0.140. The van der Waals surface area contributed by atoms with Crippen molar-refractivity contribution in [1.29, 1.82) is 0 Å². The molecule has 2 aromatic rings. The number of hydrogen-bond acceptors (Lipinski definition) is 1. The van der Waals surface area contributed by atoms with E-state index in [-0.39, 0.29) is 11.7 Å². The fourth-order valence-electron chi connectivity index (χ4n) is 1.76. The van der Waals surface area contributed by atoms with Crippen molar-refractivity contribution in [3.63, 3.8) is 0 Å². The monoisotopic (exact) mass is 321 g/mol. The Morgan fingerprint density at radius 1 is 1.16 bits per heavy atom. The van der Waals surface area contributed by atoms with Crippen LogP contribution in [0.2, 0.25) is 0 Å². The first kappa shape index (κ1) is 13.7. The van der Waals surface area contributed by atoms with E-state index in [4.69, 9.17) is 0 Å². The first-order valence-corrected chi connectivity index (χ1v) is 6.58.